The SMILES string of the molecule is CCC1(C2CCN(C(=O)c3sccc3C)CC2)NC(=O)N(Cc2ccccn2)C1=O. The van der Waals surface area contributed by atoms with Crippen LogP contribution in [-0.2, 0) is 11.3 Å². The number of hydrogen-bond acceptors (Lipinski definition) is 5. The third kappa shape index (κ3) is 3.49. The van der Waals surface area contributed by atoms with Gasteiger partial charge in [-0.2, -0.15) is 0 Å². The largest absolute Gasteiger partial charge is 0.338 e. The molecule has 158 valence electrons. The molecule has 8 heteroatoms. The molecular weight excluding hydrogens is 400 g/mol. The number of hydrogen-bond donors (Lipinski definition) is 1. The Kier molecular flexibility index (Phi) is 5.60. The Morgan fingerprint density at radius 1 is 1.27 bits per heavy atom. The molecule has 4 rings (SSSR count). The van der Waals surface area contributed by atoms with Crippen molar-refractivity contribution in [2.45, 2.75) is 45.2 Å². The lowest BCUT2D eigenvalue weighted by Crippen LogP contribution is -2.56. The van der Waals surface area contributed by atoms with Crippen molar-refractivity contribution in [3.8, 4) is 0 Å². The number of aryl methyl sites for hydroxylation is 1. The number of likely N-dealkylation sites (tertiary alicyclic amines) is 1. The molecule has 0 aromatic carbocycles. The molecule has 7 nitrogen and oxygen atoms in total. The third-order valence-corrected chi connectivity index (χ3v) is 7.35. The number of carbonyl (C=O) groups is 3. The number of thiophene rings is 1. The van der Waals surface area contributed by atoms with Gasteiger partial charge in [-0.25, -0.2) is 4.79 Å². The molecule has 2 aliphatic heterocycles. The van der Waals surface area contributed by atoms with Gasteiger partial charge in [0.2, 0.25) is 0 Å². The molecule has 2 aliphatic rings. The summed E-state index contributed by atoms with van der Waals surface area (Å²) in [6.45, 7) is 5.24. The zero-order valence-electron chi connectivity index (χ0n) is 17.3. The molecule has 2 aromatic rings. The van der Waals surface area contributed by atoms with E-state index in [1.165, 1.54) is 16.2 Å². The van der Waals surface area contributed by atoms with Gasteiger partial charge in [0.15, 0.2) is 0 Å². The fourth-order valence-electron chi connectivity index (χ4n) is 4.56. The van der Waals surface area contributed by atoms with Crippen LogP contribution in [0.1, 0.15) is 47.1 Å². The Hall–Kier alpha value is -2.74. The highest BCUT2D eigenvalue weighted by Crippen LogP contribution is 2.37. The van der Waals surface area contributed by atoms with Gasteiger partial charge in [0, 0.05) is 19.3 Å². The van der Waals surface area contributed by atoms with Crippen molar-refractivity contribution in [3.05, 3.63) is 52.0 Å². The maximum Gasteiger partial charge on any atom is 0.325 e. The van der Waals surface area contributed by atoms with Crippen LogP contribution in [0.25, 0.3) is 0 Å². The second-order valence-corrected chi connectivity index (χ2v) is 8.88. The van der Waals surface area contributed by atoms with Gasteiger partial charge >= 0.3 is 6.03 Å². The third-order valence-electron chi connectivity index (χ3n) is 6.34. The monoisotopic (exact) mass is 426 g/mol. The molecule has 0 aliphatic carbocycles. The van der Waals surface area contributed by atoms with E-state index >= 15 is 0 Å². The predicted octanol–water partition coefficient (Wildman–Crippen LogP) is 3.20. The molecule has 1 unspecified atom stereocenters. The Balaban J connectivity index is 1.46. The van der Waals surface area contributed by atoms with Crippen molar-refractivity contribution in [2.24, 2.45) is 5.92 Å². The molecule has 0 radical (unpaired) electrons. The molecule has 0 bridgehead atoms. The smallest absolute Gasteiger partial charge is 0.325 e. The van der Waals surface area contributed by atoms with Crippen LogP contribution in [-0.4, -0.2) is 51.3 Å². The van der Waals surface area contributed by atoms with Gasteiger partial charge < -0.3 is 10.2 Å². The highest BCUT2D eigenvalue weighted by molar-refractivity contribution is 7.12. The van der Waals surface area contributed by atoms with Crippen molar-refractivity contribution >= 4 is 29.2 Å². The Labute approximate surface area is 180 Å². The standard InChI is InChI=1S/C22H26N4O3S/c1-3-22(20(28)26(21(29)24-22)14-17-6-4-5-10-23-17)16-7-11-25(12-8-16)19(27)18-15(2)9-13-30-18/h4-6,9-10,13,16H,3,7-8,11-12,14H2,1-2H3,(H,24,29). The summed E-state index contributed by atoms with van der Waals surface area (Å²) in [7, 11) is 0. The van der Waals surface area contributed by atoms with Gasteiger partial charge in [0.05, 0.1) is 17.1 Å². The number of pyridine rings is 1. The molecule has 4 heterocycles. The fraction of sp³-hybridized carbons (Fsp3) is 0.455. The van der Waals surface area contributed by atoms with Crippen LogP contribution in [0, 0.1) is 12.8 Å². The molecule has 2 saturated heterocycles. The molecule has 0 saturated carbocycles. The summed E-state index contributed by atoms with van der Waals surface area (Å²) in [6.07, 6.45) is 3.56. The summed E-state index contributed by atoms with van der Waals surface area (Å²) in [6, 6.07) is 7.05. The number of amides is 4. The number of urea groups is 1. The summed E-state index contributed by atoms with van der Waals surface area (Å²) >= 11 is 1.47. The zero-order chi connectivity index (χ0) is 21.3. The summed E-state index contributed by atoms with van der Waals surface area (Å²) < 4.78 is 0. The van der Waals surface area contributed by atoms with Gasteiger partial charge in [0.25, 0.3) is 11.8 Å². The summed E-state index contributed by atoms with van der Waals surface area (Å²) in [5.74, 6) is -0.120. The lowest BCUT2D eigenvalue weighted by atomic mass is 9.75. The van der Waals surface area contributed by atoms with Crippen molar-refractivity contribution in [2.75, 3.05) is 13.1 Å². The number of imide groups is 1. The fourth-order valence-corrected chi connectivity index (χ4v) is 5.45. The van der Waals surface area contributed by atoms with Gasteiger partial charge in [0.1, 0.15) is 5.54 Å². The molecule has 30 heavy (non-hydrogen) atoms. The minimum atomic E-state index is -0.903. The summed E-state index contributed by atoms with van der Waals surface area (Å²) in [4.78, 5) is 47.0. The van der Waals surface area contributed by atoms with E-state index in [0.29, 0.717) is 38.0 Å². The minimum absolute atomic E-state index is 0.00108. The second kappa shape index (κ2) is 8.18. The van der Waals surface area contributed by atoms with E-state index in [4.69, 9.17) is 0 Å². The number of rotatable bonds is 5. The van der Waals surface area contributed by atoms with Crippen molar-refractivity contribution in [1.82, 2.24) is 20.1 Å². The van der Waals surface area contributed by atoms with Crippen LogP contribution in [0.4, 0.5) is 4.79 Å². The number of carbonyl (C=O) groups excluding carboxylic acids is 3. The van der Waals surface area contributed by atoms with Crippen molar-refractivity contribution < 1.29 is 14.4 Å². The van der Waals surface area contributed by atoms with Gasteiger partial charge in [-0.3, -0.25) is 19.5 Å². The Bertz CT molecular complexity index is 952. The molecular formula is C22H26N4O3S. The molecule has 0 spiro atoms. The number of aromatic nitrogens is 1. The number of nitrogens with one attached hydrogen (secondary N) is 1. The minimum Gasteiger partial charge on any atom is -0.338 e. The first kappa shape index (κ1) is 20.5. The Morgan fingerprint density at radius 2 is 2.03 bits per heavy atom. The summed E-state index contributed by atoms with van der Waals surface area (Å²) in [5, 5.41) is 4.93. The van der Waals surface area contributed by atoms with Crippen LogP contribution >= 0.6 is 11.3 Å². The topological polar surface area (TPSA) is 82.6 Å². The molecule has 1 atom stereocenters. The van der Waals surface area contributed by atoms with E-state index in [-0.39, 0.29) is 30.3 Å². The zero-order valence-corrected chi connectivity index (χ0v) is 18.1. The normalized spacial score (nSPS) is 22.5. The highest BCUT2D eigenvalue weighted by Gasteiger charge is 2.55. The van der Waals surface area contributed by atoms with Gasteiger partial charge in [-0.1, -0.05) is 13.0 Å². The first-order chi connectivity index (χ1) is 14.5. The van der Waals surface area contributed by atoms with E-state index in [9.17, 15) is 14.4 Å². The predicted molar refractivity (Wildman–Crippen MR) is 114 cm³/mol. The van der Waals surface area contributed by atoms with E-state index in [2.05, 4.69) is 10.3 Å². The highest BCUT2D eigenvalue weighted by atomic mass is 32.1. The van der Waals surface area contributed by atoms with Crippen molar-refractivity contribution in [3.63, 3.8) is 0 Å². The average molecular weight is 427 g/mol. The van der Waals surface area contributed by atoms with Gasteiger partial charge in [-0.05, 0) is 61.2 Å². The quantitative estimate of drug-likeness (QED) is 0.745. The van der Waals surface area contributed by atoms with Crippen LogP contribution in [0.3, 0.4) is 0 Å². The Morgan fingerprint density at radius 3 is 2.63 bits per heavy atom. The second-order valence-electron chi connectivity index (χ2n) is 7.97. The average Bonchev–Trinajstić information content (AvgIpc) is 3.30. The number of piperidine rings is 1. The maximum absolute atomic E-state index is 13.4. The number of nitrogens with zero attached hydrogens (tertiary/aromatic N) is 3. The molecule has 2 aromatic heterocycles. The van der Waals surface area contributed by atoms with E-state index in [1.54, 1.807) is 12.3 Å². The van der Waals surface area contributed by atoms with Crippen LogP contribution in [0.2, 0.25) is 0 Å². The first-order valence-corrected chi connectivity index (χ1v) is 11.2. The van der Waals surface area contributed by atoms with Crippen molar-refractivity contribution in [1.29, 1.82) is 0 Å². The first-order valence-electron chi connectivity index (χ1n) is 10.3. The molecule has 1 N–H and O–H groups in total. The lowest BCUT2D eigenvalue weighted by Gasteiger charge is -2.40. The van der Waals surface area contributed by atoms with E-state index in [1.807, 2.05) is 42.3 Å². The van der Waals surface area contributed by atoms with Crippen LogP contribution in [0.5, 0.6) is 0 Å². The molecule has 4 amide bonds. The van der Waals surface area contributed by atoms with E-state index in [0.717, 1.165) is 10.4 Å². The summed E-state index contributed by atoms with van der Waals surface area (Å²) in [5.41, 5.74) is 0.778. The van der Waals surface area contributed by atoms with Gasteiger partial charge in [-0.15, -0.1) is 11.3 Å². The van der Waals surface area contributed by atoms with Crippen LogP contribution in [0.15, 0.2) is 35.8 Å². The molecule has 2 fully saturated rings. The van der Waals surface area contributed by atoms with Crippen LogP contribution < -0.4 is 5.32 Å². The maximum atomic E-state index is 13.4. The lowest BCUT2D eigenvalue weighted by molar-refractivity contribution is -0.134. The van der Waals surface area contributed by atoms with E-state index < -0.39 is 5.54 Å².